The van der Waals surface area contributed by atoms with Crippen LogP contribution >= 0.6 is 0 Å². The lowest BCUT2D eigenvalue weighted by molar-refractivity contribution is 0.662. The molecular weight excluding hydrogens is 150 g/mol. The summed E-state index contributed by atoms with van der Waals surface area (Å²) in [5.41, 5.74) is 2.67. The summed E-state index contributed by atoms with van der Waals surface area (Å²) in [6.07, 6.45) is 2.14. The number of hydrogen-bond acceptors (Lipinski definition) is 2. The smallest absolute Gasteiger partial charge is 0.0984 e. The summed E-state index contributed by atoms with van der Waals surface area (Å²) in [4.78, 5) is 0. The van der Waals surface area contributed by atoms with Crippen molar-refractivity contribution in [3.63, 3.8) is 0 Å². The highest BCUT2D eigenvalue weighted by Gasteiger charge is 2.20. The Hall–Kier alpha value is -1.38. The van der Waals surface area contributed by atoms with Crippen LogP contribution in [-0.4, -0.2) is 0 Å². The molecule has 0 saturated heterocycles. The first-order valence-corrected chi connectivity index (χ1v) is 4.09. The van der Waals surface area contributed by atoms with Crippen molar-refractivity contribution in [1.82, 2.24) is 0 Å². The Morgan fingerprint density at radius 2 is 2.17 bits per heavy atom. The standard InChI is InChI=1S/C9H11N3/c10-12-11-9-6-5-7-3-1-2-4-8(7)9/h1-4,9H,5-6H2,(H2,10,11). The Morgan fingerprint density at radius 3 is 3.00 bits per heavy atom. The van der Waals surface area contributed by atoms with Gasteiger partial charge in [-0.2, -0.15) is 5.11 Å². The van der Waals surface area contributed by atoms with Gasteiger partial charge in [-0.15, -0.1) is 0 Å². The van der Waals surface area contributed by atoms with Crippen LogP contribution in [0.4, 0.5) is 0 Å². The zero-order valence-electron chi connectivity index (χ0n) is 6.77. The second-order valence-electron chi connectivity index (χ2n) is 2.98. The van der Waals surface area contributed by atoms with Crippen LogP contribution < -0.4 is 5.84 Å². The fourth-order valence-electron chi connectivity index (χ4n) is 1.74. The fraction of sp³-hybridized carbons (Fsp3) is 0.333. The molecule has 1 atom stereocenters. The van der Waals surface area contributed by atoms with Crippen LogP contribution in [0.1, 0.15) is 23.6 Å². The van der Waals surface area contributed by atoms with Crippen LogP contribution in [0.3, 0.4) is 0 Å². The first-order valence-electron chi connectivity index (χ1n) is 4.09. The summed E-state index contributed by atoms with van der Waals surface area (Å²) < 4.78 is 0. The lowest BCUT2D eigenvalue weighted by Gasteiger charge is -2.01. The van der Waals surface area contributed by atoms with Crippen LogP contribution in [0, 0.1) is 0 Å². The van der Waals surface area contributed by atoms with E-state index < -0.39 is 0 Å². The maximum atomic E-state index is 5.02. The second-order valence-corrected chi connectivity index (χ2v) is 2.98. The normalized spacial score (nSPS) is 21.5. The Morgan fingerprint density at radius 1 is 1.33 bits per heavy atom. The van der Waals surface area contributed by atoms with Gasteiger partial charge in [0.05, 0.1) is 6.04 Å². The molecule has 0 spiro atoms. The molecule has 1 unspecified atom stereocenters. The Balaban J connectivity index is 2.36. The molecule has 1 aromatic carbocycles. The molecule has 0 heterocycles. The number of nitrogens with two attached hydrogens (primary N) is 1. The fourth-order valence-corrected chi connectivity index (χ4v) is 1.74. The zero-order valence-corrected chi connectivity index (χ0v) is 6.77. The van der Waals surface area contributed by atoms with E-state index in [1.807, 2.05) is 6.07 Å². The third kappa shape index (κ3) is 1.07. The van der Waals surface area contributed by atoms with E-state index in [1.165, 1.54) is 11.1 Å². The van der Waals surface area contributed by atoms with Crippen LogP contribution in [0.15, 0.2) is 34.6 Å². The maximum absolute atomic E-state index is 5.02. The highest BCUT2D eigenvalue weighted by atomic mass is 15.3. The molecule has 0 aliphatic heterocycles. The third-order valence-corrected chi connectivity index (χ3v) is 2.31. The largest absolute Gasteiger partial charge is 0.305 e. The van der Waals surface area contributed by atoms with Gasteiger partial charge in [-0.25, -0.2) is 0 Å². The minimum absolute atomic E-state index is 0.200. The van der Waals surface area contributed by atoms with E-state index in [-0.39, 0.29) is 6.04 Å². The highest BCUT2D eigenvalue weighted by Crippen LogP contribution is 2.33. The van der Waals surface area contributed by atoms with Gasteiger partial charge in [0.1, 0.15) is 0 Å². The average molecular weight is 161 g/mol. The Labute approximate surface area is 71.3 Å². The molecule has 1 aliphatic rings. The summed E-state index contributed by atoms with van der Waals surface area (Å²) >= 11 is 0. The molecule has 1 aliphatic carbocycles. The van der Waals surface area contributed by atoms with Gasteiger partial charge in [-0.3, -0.25) is 0 Å². The van der Waals surface area contributed by atoms with Crippen molar-refractivity contribution in [3.05, 3.63) is 35.4 Å². The minimum Gasteiger partial charge on any atom is -0.305 e. The van der Waals surface area contributed by atoms with Crippen molar-refractivity contribution in [2.75, 3.05) is 0 Å². The third-order valence-electron chi connectivity index (χ3n) is 2.31. The first kappa shape index (κ1) is 7.28. The predicted molar refractivity (Wildman–Crippen MR) is 46.5 cm³/mol. The SMILES string of the molecule is NN=NC1CCc2ccccc21. The predicted octanol–water partition coefficient (Wildman–Crippen LogP) is 2.00. The maximum Gasteiger partial charge on any atom is 0.0984 e. The van der Waals surface area contributed by atoms with Gasteiger partial charge in [0.15, 0.2) is 0 Å². The van der Waals surface area contributed by atoms with E-state index in [0.29, 0.717) is 0 Å². The number of aryl methyl sites for hydroxylation is 1. The summed E-state index contributed by atoms with van der Waals surface area (Å²) in [7, 11) is 0. The molecule has 0 fully saturated rings. The first-order chi connectivity index (χ1) is 5.92. The van der Waals surface area contributed by atoms with Gasteiger partial charge >= 0.3 is 0 Å². The number of fused-ring (bicyclic) bond motifs is 1. The van der Waals surface area contributed by atoms with Crippen molar-refractivity contribution in [2.45, 2.75) is 18.9 Å². The topological polar surface area (TPSA) is 50.7 Å². The van der Waals surface area contributed by atoms with E-state index in [0.717, 1.165) is 12.8 Å². The van der Waals surface area contributed by atoms with Crippen molar-refractivity contribution in [3.8, 4) is 0 Å². The van der Waals surface area contributed by atoms with E-state index in [2.05, 4.69) is 28.5 Å². The molecule has 2 rings (SSSR count). The molecule has 0 aromatic heterocycles. The lowest BCUT2D eigenvalue weighted by Crippen LogP contribution is -1.89. The molecule has 0 radical (unpaired) electrons. The zero-order chi connectivity index (χ0) is 8.39. The second kappa shape index (κ2) is 2.93. The molecule has 1 aromatic rings. The van der Waals surface area contributed by atoms with Crippen LogP contribution in [0.25, 0.3) is 0 Å². The molecule has 2 N–H and O–H groups in total. The quantitative estimate of drug-likeness (QED) is 0.382. The summed E-state index contributed by atoms with van der Waals surface area (Å²) in [6.45, 7) is 0. The van der Waals surface area contributed by atoms with Gasteiger partial charge in [-0.05, 0) is 24.0 Å². The monoisotopic (exact) mass is 161 g/mol. The van der Waals surface area contributed by atoms with E-state index >= 15 is 0 Å². The molecule has 62 valence electrons. The number of rotatable bonds is 1. The Bertz CT molecular complexity index is 306. The summed E-state index contributed by atoms with van der Waals surface area (Å²) in [5, 5.41) is 7.31. The molecule has 12 heavy (non-hydrogen) atoms. The lowest BCUT2D eigenvalue weighted by atomic mass is 10.1. The van der Waals surface area contributed by atoms with E-state index in [9.17, 15) is 0 Å². The summed E-state index contributed by atoms with van der Waals surface area (Å²) in [5.74, 6) is 5.02. The number of nitrogens with zero attached hydrogens (tertiary/aromatic N) is 2. The van der Waals surface area contributed by atoms with Crippen molar-refractivity contribution >= 4 is 0 Å². The number of hydrogen-bond donors (Lipinski definition) is 1. The molecule has 0 amide bonds. The van der Waals surface area contributed by atoms with Gasteiger partial charge in [0, 0.05) is 0 Å². The van der Waals surface area contributed by atoms with Gasteiger partial charge in [0.25, 0.3) is 0 Å². The summed E-state index contributed by atoms with van der Waals surface area (Å²) in [6, 6.07) is 8.53. The molecule has 0 saturated carbocycles. The van der Waals surface area contributed by atoms with Crippen molar-refractivity contribution in [1.29, 1.82) is 0 Å². The Kier molecular flexibility index (Phi) is 1.78. The van der Waals surface area contributed by atoms with E-state index in [4.69, 9.17) is 5.84 Å². The minimum atomic E-state index is 0.200. The van der Waals surface area contributed by atoms with Crippen LogP contribution in [0.5, 0.6) is 0 Å². The van der Waals surface area contributed by atoms with Gasteiger partial charge in [0.2, 0.25) is 0 Å². The van der Waals surface area contributed by atoms with Crippen molar-refractivity contribution in [2.24, 2.45) is 16.2 Å². The molecular formula is C9H11N3. The van der Waals surface area contributed by atoms with Crippen LogP contribution in [-0.2, 0) is 6.42 Å². The highest BCUT2D eigenvalue weighted by molar-refractivity contribution is 5.34. The average Bonchev–Trinajstić information content (AvgIpc) is 2.50. The molecule has 0 bridgehead atoms. The number of benzene rings is 1. The van der Waals surface area contributed by atoms with Gasteiger partial charge < -0.3 is 5.84 Å². The van der Waals surface area contributed by atoms with Crippen LogP contribution in [0.2, 0.25) is 0 Å². The van der Waals surface area contributed by atoms with E-state index in [1.54, 1.807) is 0 Å². The molecule has 3 heteroatoms. The van der Waals surface area contributed by atoms with Gasteiger partial charge in [-0.1, -0.05) is 29.5 Å². The molecule has 3 nitrogen and oxygen atoms in total. The van der Waals surface area contributed by atoms with Crippen molar-refractivity contribution < 1.29 is 0 Å².